The molecule has 92 valence electrons. The van der Waals surface area contributed by atoms with E-state index in [1.54, 1.807) is 11.3 Å². The molecule has 0 fully saturated rings. The molecule has 2 nitrogen and oxygen atoms in total. The molecule has 2 rings (SSSR count). The van der Waals surface area contributed by atoms with E-state index in [1.807, 2.05) is 13.8 Å². The van der Waals surface area contributed by atoms with Gasteiger partial charge in [-0.15, -0.1) is 11.3 Å². The van der Waals surface area contributed by atoms with E-state index in [4.69, 9.17) is 10.7 Å². The summed E-state index contributed by atoms with van der Waals surface area (Å²) in [5.74, 6) is 0. The van der Waals surface area contributed by atoms with Crippen molar-refractivity contribution in [2.45, 2.75) is 45.6 Å². The molecule has 0 spiro atoms. The first kappa shape index (κ1) is 12.5. The second-order valence-electron chi connectivity index (χ2n) is 6.17. The van der Waals surface area contributed by atoms with Crippen molar-refractivity contribution < 1.29 is 0 Å². The number of thiazole rings is 1. The maximum absolute atomic E-state index is 6.12. The molecule has 0 saturated heterocycles. The molecule has 0 atom stereocenters. The predicted molar refractivity (Wildman–Crippen MR) is 75.5 cm³/mol. The SMILES string of the molecule is CC(C)(C)c1nc2cc(C(C)(C)N)ccc2s1. The van der Waals surface area contributed by atoms with Crippen LogP contribution in [0, 0.1) is 0 Å². The van der Waals surface area contributed by atoms with E-state index in [0.717, 1.165) is 11.1 Å². The third-order valence-electron chi connectivity index (χ3n) is 2.77. The van der Waals surface area contributed by atoms with E-state index >= 15 is 0 Å². The summed E-state index contributed by atoms with van der Waals surface area (Å²) < 4.78 is 1.24. The number of nitrogens with two attached hydrogens (primary N) is 1. The second kappa shape index (κ2) is 3.79. The molecule has 3 heteroatoms. The van der Waals surface area contributed by atoms with Gasteiger partial charge in [0.2, 0.25) is 0 Å². The minimum Gasteiger partial charge on any atom is -0.322 e. The van der Waals surface area contributed by atoms with Crippen LogP contribution in [-0.2, 0) is 11.0 Å². The summed E-state index contributed by atoms with van der Waals surface area (Å²) in [6.45, 7) is 10.6. The average molecular weight is 248 g/mol. The first-order chi connectivity index (χ1) is 7.68. The summed E-state index contributed by atoms with van der Waals surface area (Å²) >= 11 is 1.77. The van der Waals surface area contributed by atoms with Crippen LogP contribution in [0.15, 0.2) is 18.2 Å². The van der Waals surface area contributed by atoms with Crippen LogP contribution in [0.4, 0.5) is 0 Å². The molecule has 1 heterocycles. The highest BCUT2D eigenvalue weighted by molar-refractivity contribution is 7.18. The number of aromatic nitrogens is 1. The highest BCUT2D eigenvalue weighted by Gasteiger charge is 2.20. The van der Waals surface area contributed by atoms with Gasteiger partial charge in [-0.2, -0.15) is 0 Å². The third kappa shape index (κ3) is 2.50. The van der Waals surface area contributed by atoms with Crippen LogP contribution in [-0.4, -0.2) is 4.98 Å². The Kier molecular flexibility index (Phi) is 2.79. The van der Waals surface area contributed by atoms with Crippen molar-refractivity contribution in [2.75, 3.05) is 0 Å². The Balaban J connectivity index is 2.56. The molecule has 0 unspecified atom stereocenters. The molecule has 0 saturated carbocycles. The Morgan fingerprint density at radius 3 is 2.29 bits per heavy atom. The molecule has 2 aromatic rings. The van der Waals surface area contributed by atoms with Gasteiger partial charge in [0, 0.05) is 11.0 Å². The van der Waals surface area contributed by atoms with Crippen LogP contribution in [0.1, 0.15) is 45.2 Å². The summed E-state index contributed by atoms with van der Waals surface area (Å²) in [5, 5.41) is 1.18. The van der Waals surface area contributed by atoms with Crippen LogP contribution in [0.2, 0.25) is 0 Å². The maximum Gasteiger partial charge on any atom is 0.0992 e. The van der Waals surface area contributed by atoms with Crippen LogP contribution in [0.25, 0.3) is 10.2 Å². The second-order valence-corrected chi connectivity index (χ2v) is 7.20. The lowest BCUT2D eigenvalue weighted by Gasteiger charge is -2.18. The van der Waals surface area contributed by atoms with Gasteiger partial charge in [0.25, 0.3) is 0 Å². The Morgan fingerprint density at radius 2 is 1.76 bits per heavy atom. The zero-order valence-electron chi connectivity index (χ0n) is 11.2. The molecular weight excluding hydrogens is 228 g/mol. The monoisotopic (exact) mass is 248 g/mol. The van der Waals surface area contributed by atoms with Crippen molar-refractivity contribution >= 4 is 21.6 Å². The summed E-state index contributed by atoms with van der Waals surface area (Å²) in [4.78, 5) is 4.72. The fourth-order valence-corrected chi connectivity index (χ4v) is 2.65. The molecule has 0 aliphatic rings. The molecule has 17 heavy (non-hydrogen) atoms. The fourth-order valence-electron chi connectivity index (χ4n) is 1.65. The molecule has 1 aromatic heterocycles. The highest BCUT2D eigenvalue weighted by atomic mass is 32.1. The standard InChI is InChI=1S/C14H20N2S/c1-13(2,3)12-16-10-8-9(14(4,5)15)6-7-11(10)17-12/h6-8H,15H2,1-5H3. The molecule has 0 bridgehead atoms. The quantitative estimate of drug-likeness (QED) is 0.834. The van der Waals surface area contributed by atoms with Gasteiger partial charge in [-0.05, 0) is 31.5 Å². The molecular formula is C14H20N2S. The lowest BCUT2D eigenvalue weighted by Crippen LogP contribution is -2.28. The number of hydrogen-bond acceptors (Lipinski definition) is 3. The van der Waals surface area contributed by atoms with Gasteiger partial charge in [0.1, 0.15) is 0 Å². The number of benzene rings is 1. The minimum absolute atomic E-state index is 0.113. The lowest BCUT2D eigenvalue weighted by atomic mass is 9.95. The number of hydrogen-bond donors (Lipinski definition) is 1. The van der Waals surface area contributed by atoms with Gasteiger partial charge < -0.3 is 5.73 Å². The van der Waals surface area contributed by atoms with Crippen molar-refractivity contribution in [3.8, 4) is 0 Å². The molecule has 0 radical (unpaired) electrons. The average Bonchev–Trinajstić information content (AvgIpc) is 2.57. The van der Waals surface area contributed by atoms with Gasteiger partial charge >= 0.3 is 0 Å². The van der Waals surface area contributed by atoms with E-state index in [-0.39, 0.29) is 11.0 Å². The van der Waals surface area contributed by atoms with Crippen LogP contribution in [0.5, 0.6) is 0 Å². The summed E-state index contributed by atoms with van der Waals surface area (Å²) in [7, 11) is 0. The van der Waals surface area contributed by atoms with Gasteiger partial charge in [0.15, 0.2) is 0 Å². The van der Waals surface area contributed by atoms with Gasteiger partial charge in [-0.1, -0.05) is 26.8 Å². The minimum atomic E-state index is -0.306. The number of rotatable bonds is 1. The predicted octanol–water partition coefficient (Wildman–Crippen LogP) is 3.79. The van der Waals surface area contributed by atoms with E-state index < -0.39 is 0 Å². The van der Waals surface area contributed by atoms with Gasteiger partial charge in [-0.25, -0.2) is 4.98 Å². The first-order valence-corrected chi connectivity index (χ1v) is 6.70. The van der Waals surface area contributed by atoms with E-state index in [9.17, 15) is 0 Å². The summed E-state index contributed by atoms with van der Waals surface area (Å²) in [6, 6.07) is 6.35. The van der Waals surface area contributed by atoms with Crippen molar-refractivity contribution in [1.29, 1.82) is 0 Å². The molecule has 2 N–H and O–H groups in total. The van der Waals surface area contributed by atoms with Crippen LogP contribution < -0.4 is 5.73 Å². The fraction of sp³-hybridized carbons (Fsp3) is 0.500. The van der Waals surface area contributed by atoms with Crippen LogP contribution >= 0.6 is 11.3 Å². The van der Waals surface area contributed by atoms with Gasteiger partial charge in [0.05, 0.1) is 15.2 Å². The van der Waals surface area contributed by atoms with E-state index in [2.05, 4.69) is 39.0 Å². The zero-order chi connectivity index (χ0) is 12.8. The van der Waals surface area contributed by atoms with Crippen molar-refractivity contribution in [2.24, 2.45) is 5.73 Å². The Bertz CT molecular complexity index is 529. The summed E-state index contributed by atoms with van der Waals surface area (Å²) in [6.07, 6.45) is 0. The smallest absolute Gasteiger partial charge is 0.0992 e. The van der Waals surface area contributed by atoms with Crippen molar-refractivity contribution in [1.82, 2.24) is 4.98 Å². The first-order valence-electron chi connectivity index (χ1n) is 5.88. The Labute approximate surface area is 107 Å². The van der Waals surface area contributed by atoms with Crippen molar-refractivity contribution in [3.63, 3.8) is 0 Å². The molecule has 0 amide bonds. The largest absolute Gasteiger partial charge is 0.322 e. The highest BCUT2D eigenvalue weighted by Crippen LogP contribution is 2.32. The third-order valence-corrected chi connectivity index (χ3v) is 4.24. The zero-order valence-corrected chi connectivity index (χ0v) is 12.0. The summed E-state index contributed by atoms with van der Waals surface area (Å²) in [5.41, 5.74) is 8.12. The molecule has 1 aromatic carbocycles. The number of nitrogens with zero attached hydrogens (tertiary/aromatic N) is 1. The van der Waals surface area contributed by atoms with E-state index in [0.29, 0.717) is 0 Å². The van der Waals surface area contributed by atoms with Crippen LogP contribution in [0.3, 0.4) is 0 Å². The Morgan fingerprint density at radius 1 is 1.12 bits per heavy atom. The van der Waals surface area contributed by atoms with Gasteiger partial charge in [-0.3, -0.25) is 0 Å². The van der Waals surface area contributed by atoms with E-state index in [1.165, 1.54) is 9.71 Å². The Hall–Kier alpha value is -0.930. The number of fused-ring (bicyclic) bond motifs is 1. The molecule has 0 aliphatic carbocycles. The topological polar surface area (TPSA) is 38.9 Å². The lowest BCUT2D eigenvalue weighted by molar-refractivity contribution is 0.555. The molecule has 0 aliphatic heterocycles. The normalized spacial score (nSPS) is 13.3. The maximum atomic E-state index is 6.12. The van der Waals surface area contributed by atoms with Crippen molar-refractivity contribution in [3.05, 3.63) is 28.8 Å².